The van der Waals surface area contributed by atoms with Crippen LogP contribution in [0.15, 0.2) is 0 Å². The van der Waals surface area contributed by atoms with Crippen LogP contribution in [0, 0.1) is 5.92 Å². The summed E-state index contributed by atoms with van der Waals surface area (Å²) in [5.41, 5.74) is -0.0811. The van der Waals surface area contributed by atoms with E-state index in [1.807, 2.05) is 6.92 Å². The summed E-state index contributed by atoms with van der Waals surface area (Å²) in [7, 11) is 0. The summed E-state index contributed by atoms with van der Waals surface area (Å²) < 4.78 is 32.5. The summed E-state index contributed by atoms with van der Waals surface area (Å²) in [5.74, 6) is 0.0680. The van der Waals surface area contributed by atoms with Crippen LogP contribution in [0.3, 0.4) is 0 Å². The van der Waals surface area contributed by atoms with Gasteiger partial charge in [-0.3, -0.25) is 0 Å². The zero-order valence-electron chi connectivity index (χ0n) is 12.0. The van der Waals surface area contributed by atoms with Crippen LogP contribution in [0.2, 0.25) is 0 Å². The highest BCUT2D eigenvalue weighted by molar-refractivity contribution is 4.93. The highest BCUT2D eigenvalue weighted by atomic mass is 19.3. The average molecular weight is 275 g/mol. The molecule has 1 saturated heterocycles. The number of alkyl halides is 2. The first-order valence-corrected chi connectivity index (χ1v) is 7.82. The molecule has 0 aromatic heterocycles. The molecular weight excluding hydrogens is 248 g/mol. The van der Waals surface area contributed by atoms with Gasteiger partial charge in [-0.25, -0.2) is 8.78 Å². The van der Waals surface area contributed by atoms with E-state index in [0.29, 0.717) is 13.2 Å². The van der Waals surface area contributed by atoms with Crippen molar-refractivity contribution in [3.05, 3.63) is 0 Å². The van der Waals surface area contributed by atoms with Gasteiger partial charge in [-0.1, -0.05) is 26.2 Å². The lowest BCUT2D eigenvalue weighted by Crippen LogP contribution is -2.50. The maximum absolute atomic E-state index is 13.3. The Hall–Kier alpha value is -0.220. The van der Waals surface area contributed by atoms with Gasteiger partial charge in [0.05, 0.1) is 11.6 Å². The molecule has 1 heterocycles. The third-order valence-electron chi connectivity index (χ3n) is 4.71. The number of rotatable bonds is 5. The molecule has 1 aliphatic heterocycles. The van der Waals surface area contributed by atoms with E-state index in [1.54, 1.807) is 0 Å². The fourth-order valence-electron chi connectivity index (χ4n) is 3.69. The molecule has 0 bridgehead atoms. The fraction of sp³-hybridized carbons (Fsp3) is 1.00. The molecule has 19 heavy (non-hydrogen) atoms. The van der Waals surface area contributed by atoms with Crippen LogP contribution in [0.4, 0.5) is 8.78 Å². The first-order chi connectivity index (χ1) is 9.17. The third-order valence-corrected chi connectivity index (χ3v) is 4.71. The van der Waals surface area contributed by atoms with Gasteiger partial charge in [0.25, 0.3) is 6.43 Å². The third kappa shape index (κ3) is 3.88. The van der Waals surface area contributed by atoms with E-state index < -0.39 is 12.5 Å². The van der Waals surface area contributed by atoms with E-state index in [2.05, 4.69) is 5.32 Å². The summed E-state index contributed by atoms with van der Waals surface area (Å²) in [5, 5.41) is 3.06. The molecule has 2 atom stereocenters. The fourth-order valence-corrected chi connectivity index (χ4v) is 3.69. The van der Waals surface area contributed by atoms with E-state index in [9.17, 15) is 8.78 Å². The van der Waals surface area contributed by atoms with Gasteiger partial charge < -0.3 is 10.1 Å². The molecule has 0 amide bonds. The van der Waals surface area contributed by atoms with Gasteiger partial charge in [-0.2, -0.15) is 0 Å². The minimum atomic E-state index is -2.27. The van der Waals surface area contributed by atoms with Crippen molar-refractivity contribution in [3.8, 4) is 0 Å². The Bertz CT molecular complexity index is 261. The lowest BCUT2D eigenvalue weighted by molar-refractivity contribution is -0.128. The van der Waals surface area contributed by atoms with Crippen LogP contribution in [0.1, 0.15) is 58.3 Å². The second-order valence-corrected chi connectivity index (χ2v) is 6.16. The zero-order chi connectivity index (χ0) is 13.7. The molecule has 1 aliphatic carbocycles. The standard InChI is InChI=1S/C15H27F2NO/c1-2-9-18-13(14(16)17)12-6-10-19-15(11-12)7-4-3-5-8-15/h12-14,18H,2-11H2,1H3. The number of hydrogen-bond acceptors (Lipinski definition) is 2. The zero-order valence-corrected chi connectivity index (χ0v) is 12.0. The minimum absolute atomic E-state index is 0.0680. The summed E-state index contributed by atoms with van der Waals surface area (Å²) in [4.78, 5) is 0. The van der Waals surface area contributed by atoms with Crippen molar-refractivity contribution < 1.29 is 13.5 Å². The maximum Gasteiger partial charge on any atom is 0.253 e. The van der Waals surface area contributed by atoms with Crippen LogP contribution in [0.5, 0.6) is 0 Å². The average Bonchev–Trinajstić information content (AvgIpc) is 2.40. The lowest BCUT2D eigenvalue weighted by Gasteiger charge is -2.45. The molecule has 0 aromatic rings. The Morgan fingerprint density at radius 1 is 1.26 bits per heavy atom. The van der Waals surface area contributed by atoms with E-state index in [1.165, 1.54) is 19.3 Å². The van der Waals surface area contributed by atoms with Crippen LogP contribution in [-0.4, -0.2) is 31.2 Å². The molecule has 2 unspecified atom stereocenters. The van der Waals surface area contributed by atoms with Gasteiger partial charge in [0.1, 0.15) is 0 Å². The normalized spacial score (nSPS) is 28.7. The highest BCUT2D eigenvalue weighted by Gasteiger charge is 2.42. The second kappa shape index (κ2) is 6.98. The van der Waals surface area contributed by atoms with Crippen molar-refractivity contribution in [3.63, 3.8) is 0 Å². The van der Waals surface area contributed by atoms with E-state index >= 15 is 0 Å². The molecule has 1 N–H and O–H groups in total. The lowest BCUT2D eigenvalue weighted by atomic mass is 9.74. The van der Waals surface area contributed by atoms with Gasteiger partial charge in [0, 0.05) is 6.61 Å². The molecule has 4 heteroatoms. The van der Waals surface area contributed by atoms with Gasteiger partial charge in [0.2, 0.25) is 0 Å². The van der Waals surface area contributed by atoms with Crippen molar-refractivity contribution in [2.75, 3.05) is 13.2 Å². The predicted octanol–water partition coefficient (Wildman–Crippen LogP) is 3.75. The largest absolute Gasteiger partial charge is 0.375 e. The summed E-state index contributed by atoms with van der Waals surface area (Å²) in [6, 6.07) is -0.650. The van der Waals surface area contributed by atoms with E-state index in [4.69, 9.17) is 4.74 Å². The Balaban J connectivity index is 1.97. The van der Waals surface area contributed by atoms with Gasteiger partial charge >= 0.3 is 0 Å². The van der Waals surface area contributed by atoms with Crippen molar-refractivity contribution in [2.45, 2.75) is 76.4 Å². The van der Waals surface area contributed by atoms with Crippen molar-refractivity contribution in [2.24, 2.45) is 5.92 Å². The molecule has 2 fully saturated rings. The molecular formula is C15H27F2NO. The molecule has 112 valence electrons. The van der Waals surface area contributed by atoms with Crippen molar-refractivity contribution in [1.82, 2.24) is 5.32 Å². The first-order valence-electron chi connectivity index (χ1n) is 7.82. The summed E-state index contributed by atoms with van der Waals surface area (Å²) in [6.07, 6.45) is 5.99. The van der Waals surface area contributed by atoms with Gasteiger partial charge in [-0.15, -0.1) is 0 Å². The first kappa shape index (κ1) is 15.2. The molecule has 0 radical (unpaired) electrons. The number of nitrogens with one attached hydrogen (secondary N) is 1. The van der Waals surface area contributed by atoms with E-state index in [0.717, 1.165) is 32.1 Å². The number of ether oxygens (including phenoxy) is 1. The molecule has 1 spiro atoms. The topological polar surface area (TPSA) is 21.3 Å². The summed E-state index contributed by atoms with van der Waals surface area (Å²) in [6.45, 7) is 3.35. The Morgan fingerprint density at radius 3 is 2.63 bits per heavy atom. The minimum Gasteiger partial charge on any atom is -0.375 e. The Morgan fingerprint density at radius 2 is 2.00 bits per heavy atom. The molecule has 1 saturated carbocycles. The second-order valence-electron chi connectivity index (χ2n) is 6.16. The SMILES string of the molecule is CCCNC(C(F)F)C1CCOC2(CCCCC2)C1. The number of halogens is 2. The van der Waals surface area contributed by atoms with Crippen LogP contribution in [-0.2, 0) is 4.74 Å². The number of hydrogen-bond donors (Lipinski definition) is 1. The smallest absolute Gasteiger partial charge is 0.253 e. The Kier molecular flexibility index (Phi) is 5.58. The maximum atomic E-state index is 13.3. The van der Waals surface area contributed by atoms with Gasteiger partial charge in [-0.05, 0) is 44.6 Å². The van der Waals surface area contributed by atoms with Crippen molar-refractivity contribution in [1.29, 1.82) is 0 Å². The Labute approximate surface area is 115 Å². The van der Waals surface area contributed by atoms with Crippen molar-refractivity contribution >= 4 is 0 Å². The quantitative estimate of drug-likeness (QED) is 0.825. The summed E-state index contributed by atoms with van der Waals surface area (Å²) >= 11 is 0. The van der Waals surface area contributed by atoms with E-state index in [-0.39, 0.29) is 11.5 Å². The molecule has 2 rings (SSSR count). The van der Waals surface area contributed by atoms with Crippen LogP contribution < -0.4 is 5.32 Å². The molecule has 0 aromatic carbocycles. The molecule has 2 nitrogen and oxygen atoms in total. The predicted molar refractivity (Wildman–Crippen MR) is 72.6 cm³/mol. The van der Waals surface area contributed by atoms with Gasteiger partial charge in [0.15, 0.2) is 0 Å². The monoisotopic (exact) mass is 275 g/mol. The van der Waals surface area contributed by atoms with Crippen LogP contribution >= 0.6 is 0 Å². The highest BCUT2D eigenvalue weighted by Crippen LogP contribution is 2.42. The van der Waals surface area contributed by atoms with Crippen LogP contribution in [0.25, 0.3) is 0 Å². The molecule has 2 aliphatic rings.